The number of nitrogens with zero attached hydrogens (tertiary/aromatic N) is 3. The highest BCUT2D eigenvalue weighted by molar-refractivity contribution is 6.32. The van der Waals surface area contributed by atoms with E-state index in [0.717, 1.165) is 30.2 Å². The van der Waals surface area contributed by atoms with Crippen LogP contribution in [0.25, 0.3) is 11.4 Å². The van der Waals surface area contributed by atoms with Gasteiger partial charge in [-0.25, -0.2) is 9.97 Å². The summed E-state index contributed by atoms with van der Waals surface area (Å²) in [6.07, 6.45) is 1.64. The first-order valence-electron chi connectivity index (χ1n) is 6.45. The van der Waals surface area contributed by atoms with Gasteiger partial charge in [-0.1, -0.05) is 11.6 Å². The van der Waals surface area contributed by atoms with Crippen molar-refractivity contribution < 1.29 is 4.74 Å². The van der Waals surface area contributed by atoms with Crippen LogP contribution in [0.1, 0.15) is 0 Å². The van der Waals surface area contributed by atoms with Gasteiger partial charge in [0.15, 0.2) is 11.6 Å². The van der Waals surface area contributed by atoms with Crippen molar-refractivity contribution in [1.29, 1.82) is 0 Å². The molecule has 1 aliphatic heterocycles. The molecule has 5 nitrogen and oxygen atoms in total. The van der Waals surface area contributed by atoms with Crippen LogP contribution in [0, 0.1) is 0 Å². The molecule has 104 valence electrons. The SMILES string of the molecule is Nc1ccc(-c2ncc(Cl)c(N3CCOCC3)n2)cc1. The number of rotatable bonds is 2. The highest BCUT2D eigenvalue weighted by Crippen LogP contribution is 2.26. The third kappa shape index (κ3) is 2.69. The molecule has 0 radical (unpaired) electrons. The largest absolute Gasteiger partial charge is 0.399 e. The van der Waals surface area contributed by atoms with E-state index in [1.807, 2.05) is 24.3 Å². The van der Waals surface area contributed by atoms with Gasteiger partial charge in [0.25, 0.3) is 0 Å². The van der Waals surface area contributed by atoms with Crippen LogP contribution in [0.5, 0.6) is 0 Å². The molecule has 1 fully saturated rings. The molecule has 6 heteroatoms. The Morgan fingerprint density at radius 2 is 1.85 bits per heavy atom. The summed E-state index contributed by atoms with van der Waals surface area (Å²) in [6, 6.07) is 7.48. The summed E-state index contributed by atoms with van der Waals surface area (Å²) in [4.78, 5) is 11.0. The smallest absolute Gasteiger partial charge is 0.161 e. The highest BCUT2D eigenvalue weighted by atomic mass is 35.5. The van der Waals surface area contributed by atoms with E-state index in [-0.39, 0.29) is 0 Å². The van der Waals surface area contributed by atoms with E-state index in [0.29, 0.717) is 24.1 Å². The number of nitrogen functional groups attached to an aromatic ring is 1. The van der Waals surface area contributed by atoms with Gasteiger partial charge in [-0.15, -0.1) is 0 Å². The van der Waals surface area contributed by atoms with Crippen LogP contribution in [0.4, 0.5) is 11.5 Å². The maximum absolute atomic E-state index is 6.21. The zero-order valence-corrected chi connectivity index (χ0v) is 11.7. The fraction of sp³-hybridized carbons (Fsp3) is 0.286. The van der Waals surface area contributed by atoms with Gasteiger partial charge in [0.1, 0.15) is 5.02 Å². The van der Waals surface area contributed by atoms with Gasteiger partial charge in [-0.05, 0) is 24.3 Å². The van der Waals surface area contributed by atoms with Crippen molar-refractivity contribution in [2.45, 2.75) is 0 Å². The van der Waals surface area contributed by atoms with Gasteiger partial charge in [0.2, 0.25) is 0 Å². The summed E-state index contributed by atoms with van der Waals surface area (Å²) in [6.45, 7) is 2.96. The number of hydrogen-bond acceptors (Lipinski definition) is 5. The number of morpholine rings is 1. The first-order chi connectivity index (χ1) is 9.74. The second kappa shape index (κ2) is 5.64. The summed E-state index contributed by atoms with van der Waals surface area (Å²) in [7, 11) is 0. The molecule has 2 aromatic rings. The van der Waals surface area contributed by atoms with E-state index >= 15 is 0 Å². The average Bonchev–Trinajstić information content (AvgIpc) is 2.50. The fourth-order valence-electron chi connectivity index (χ4n) is 2.13. The molecule has 0 saturated carbocycles. The molecule has 1 saturated heterocycles. The molecule has 2 heterocycles. The maximum Gasteiger partial charge on any atom is 0.161 e. The molecule has 0 spiro atoms. The zero-order valence-electron chi connectivity index (χ0n) is 10.9. The minimum Gasteiger partial charge on any atom is -0.399 e. The van der Waals surface area contributed by atoms with Crippen LogP contribution < -0.4 is 10.6 Å². The van der Waals surface area contributed by atoms with Gasteiger partial charge in [-0.2, -0.15) is 0 Å². The van der Waals surface area contributed by atoms with Crippen molar-refractivity contribution in [3.05, 3.63) is 35.5 Å². The first-order valence-corrected chi connectivity index (χ1v) is 6.83. The Hall–Kier alpha value is -1.85. The topological polar surface area (TPSA) is 64.3 Å². The Balaban J connectivity index is 1.95. The summed E-state index contributed by atoms with van der Waals surface area (Å²) in [5.74, 6) is 1.41. The molecule has 20 heavy (non-hydrogen) atoms. The average molecular weight is 291 g/mol. The van der Waals surface area contributed by atoms with Gasteiger partial charge in [0.05, 0.1) is 19.4 Å². The lowest BCUT2D eigenvalue weighted by molar-refractivity contribution is 0.122. The van der Waals surface area contributed by atoms with Gasteiger partial charge < -0.3 is 15.4 Å². The van der Waals surface area contributed by atoms with Gasteiger partial charge in [0, 0.05) is 24.3 Å². The first kappa shape index (κ1) is 13.1. The summed E-state index contributed by atoms with van der Waals surface area (Å²) in [5, 5.41) is 0.561. The minimum atomic E-state index is 0.561. The van der Waals surface area contributed by atoms with E-state index in [9.17, 15) is 0 Å². The van der Waals surface area contributed by atoms with Gasteiger partial charge >= 0.3 is 0 Å². The van der Waals surface area contributed by atoms with Crippen LogP contribution in [0.3, 0.4) is 0 Å². The molecule has 0 aliphatic carbocycles. The van der Waals surface area contributed by atoms with Crippen LogP contribution in [-0.2, 0) is 4.74 Å². The molecule has 2 N–H and O–H groups in total. The molecule has 0 bridgehead atoms. The second-order valence-electron chi connectivity index (χ2n) is 4.59. The summed E-state index contributed by atoms with van der Waals surface area (Å²) < 4.78 is 5.35. The van der Waals surface area contributed by atoms with E-state index in [1.165, 1.54) is 0 Å². The normalized spacial score (nSPS) is 15.3. The van der Waals surface area contributed by atoms with Crippen LogP contribution in [-0.4, -0.2) is 36.3 Å². The monoisotopic (exact) mass is 290 g/mol. The van der Waals surface area contributed by atoms with Crippen molar-refractivity contribution in [2.75, 3.05) is 36.9 Å². The lowest BCUT2D eigenvalue weighted by atomic mass is 10.2. The number of ether oxygens (including phenoxy) is 1. The Morgan fingerprint density at radius 1 is 1.15 bits per heavy atom. The van der Waals surface area contributed by atoms with Crippen molar-refractivity contribution in [1.82, 2.24) is 9.97 Å². The van der Waals surface area contributed by atoms with Crippen LogP contribution in [0.2, 0.25) is 5.02 Å². The molecule has 0 atom stereocenters. The second-order valence-corrected chi connectivity index (χ2v) is 4.99. The number of nitrogens with two attached hydrogens (primary N) is 1. The van der Waals surface area contributed by atoms with Crippen molar-refractivity contribution in [3.63, 3.8) is 0 Å². The third-order valence-corrected chi connectivity index (χ3v) is 3.47. The minimum absolute atomic E-state index is 0.561. The predicted octanol–water partition coefficient (Wildman–Crippen LogP) is 2.22. The molecule has 1 aliphatic rings. The van der Waals surface area contributed by atoms with E-state index in [4.69, 9.17) is 22.1 Å². The van der Waals surface area contributed by atoms with E-state index in [2.05, 4.69) is 14.9 Å². The van der Waals surface area contributed by atoms with E-state index in [1.54, 1.807) is 6.20 Å². The Kier molecular flexibility index (Phi) is 3.71. The zero-order chi connectivity index (χ0) is 13.9. The number of aromatic nitrogens is 2. The molecule has 1 aromatic heterocycles. The fourth-order valence-corrected chi connectivity index (χ4v) is 2.34. The Labute approximate surface area is 122 Å². The molecule has 0 unspecified atom stereocenters. The Morgan fingerprint density at radius 3 is 2.55 bits per heavy atom. The summed E-state index contributed by atoms with van der Waals surface area (Å²) in [5.41, 5.74) is 7.33. The molecular formula is C14H15ClN4O. The van der Waals surface area contributed by atoms with Crippen molar-refractivity contribution >= 4 is 23.1 Å². The lowest BCUT2D eigenvalue weighted by Crippen LogP contribution is -2.37. The molecule has 0 amide bonds. The number of anilines is 2. The van der Waals surface area contributed by atoms with Crippen molar-refractivity contribution in [3.8, 4) is 11.4 Å². The lowest BCUT2D eigenvalue weighted by Gasteiger charge is -2.28. The summed E-state index contributed by atoms with van der Waals surface area (Å²) >= 11 is 6.21. The predicted molar refractivity (Wildman–Crippen MR) is 79.9 cm³/mol. The van der Waals surface area contributed by atoms with Crippen LogP contribution >= 0.6 is 11.6 Å². The number of halogens is 1. The highest BCUT2D eigenvalue weighted by Gasteiger charge is 2.17. The van der Waals surface area contributed by atoms with Crippen LogP contribution in [0.15, 0.2) is 30.5 Å². The van der Waals surface area contributed by atoms with E-state index < -0.39 is 0 Å². The maximum atomic E-state index is 6.21. The third-order valence-electron chi connectivity index (χ3n) is 3.21. The Bertz CT molecular complexity index is 597. The van der Waals surface area contributed by atoms with Gasteiger partial charge in [-0.3, -0.25) is 0 Å². The molecular weight excluding hydrogens is 276 g/mol. The standard InChI is InChI=1S/C14H15ClN4O/c15-12-9-17-13(10-1-3-11(16)4-2-10)18-14(12)19-5-7-20-8-6-19/h1-4,9H,5-8,16H2. The molecule has 3 rings (SSSR count). The molecule has 1 aromatic carbocycles. The quantitative estimate of drug-likeness (QED) is 0.859. The number of hydrogen-bond donors (Lipinski definition) is 1. The van der Waals surface area contributed by atoms with Crippen molar-refractivity contribution in [2.24, 2.45) is 0 Å². The number of benzene rings is 1.